The Balaban J connectivity index is 2.52. The monoisotopic (exact) mass is 375 g/mol. The summed E-state index contributed by atoms with van der Waals surface area (Å²) in [5.41, 5.74) is 0.819. The van der Waals surface area contributed by atoms with Gasteiger partial charge in [-0.15, -0.1) is 0 Å². The quantitative estimate of drug-likeness (QED) is 0.806. The van der Waals surface area contributed by atoms with E-state index in [1.54, 1.807) is 44.3 Å². The first-order chi connectivity index (χ1) is 12.1. The number of carbonyl (C=O) groups is 1. The van der Waals surface area contributed by atoms with E-state index >= 15 is 0 Å². The van der Waals surface area contributed by atoms with Gasteiger partial charge in [0.05, 0.1) is 4.90 Å². The molecule has 0 N–H and O–H groups in total. The highest BCUT2D eigenvalue weighted by Gasteiger charge is 2.24. The van der Waals surface area contributed by atoms with E-state index in [-0.39, 0.29) is 22.9 Å². The second kappa shape index (κ2) is 7.97. The summed E-state index contributed by atoms with van der Waals surface area (Å²) in [5.74, 6) is -0.325. The van der Waals surface area contributed by atoms with Gasteiger partial charge in [-0.1, -0.05) is 12.1 Å². The van der Waals surface area contributed by atoms with Crippen molar-refractivity contribution in [2.45, 2.75) is 44.7 Å². The first kappa shape index (κ1) is 20.1. The van der Waals surface area contributed by atoms with Gasteiger partial charge in [-0.05, 0) is 58.0 Å². The van der Waals surface area contributed by atoms with Crippen LogP contribution < -0.4 is 5.49 Å². The lowest BCUT2D eigenvalue weighted by Gasteiger charge is -2.21. The average Bonchev–Trinajstić information content (AvgIpc) is 2.60. The zero-order valence-corrected chi connectivity index (χ0v) is 16.6. The fourth-order valence-electron chi connectivity index (χ4n) is 2.35. The van der Waals surface area contributed by atoms with Crippen LogP contribution in [0.2, 0.25) is 0 Å². The highest BCUT2D eigenvalue weighted by molar-refractivity contribution is 7.89. The lowest BCUT2D eigenvalue weighted by molar-refractivity contribution is 0.0954. The van der Waals surface area contributed by atoms with Crippen molar-refractivity contribution in [1.82, 2.24) is 8.87 Å². The highest BCUT2D eigenvalue weighted by Crippen LogP contribution is 2.18. The summed E-state index contributed by atoms with van der Waals surface area (Å²) in [6.07, 6.45) is 1.63. The van der Waals surface area contributed by atoms with E-state index in [1.807, 2.05) is 19.9 Å². The first-order valence-corrected chi connectivity index (χ1v) is 9.93. The molecule has 26 heavy (non-hydrogen) atoms. The SMILES string of the molecule is CC(C)N=c1ccccn1C(=O)c1cccc(S(=O)(=O)N(C)C(C)C)c1. The second-order valence-electron chi connectivity index (χ2n) is 6.60. The van der Waals surface area contributed by atoms with Crippen LogP contribution in [0.3, 0.4) is 0 Å². The fraction of sp³-hybridized carbons (Fsp3) is 0.368. The van der Waals surface area contributed by atoms with Crippen LogP contribution in [0.4, 0.5) is 0 Å². The molecule has 1 heterocycles. The Hall–Kier alpha value is -2.25. The lowest BCUT2D eigenvalue weighted by Crippen LogP contribution is -2.33. The number of hydrogen-bond acceptors (Lipinski definition) is 4. The van der Waals surface area contributed by atoms with Crippen LogP contribution in [0.5, 0.6) is 0 Å². The summed E-state index contributed by atoms with van der Waals surface area (Å²) in [5, 5.41) is 0. The van der Waals surface area contributed by atoms with Gasteiger partial charge in [0.2, 0.25) is 10.0 Å². The van der Waals surface area contributed by atoms with E-state index in [9.17, 15) is 13.2 Å². The summed E-state index contributed by atoms with van der Waals surface area (Å²) in [7, 11) is -2.13. The first-order valence-electron chi connectivity index (χ1n) is 8.49. The molecule has 0 amide bonds. The van der Waals surface area contributed by atoms with Gasteiger partial charge in [0.1, 0.15) is 5.49 Å². The van der Waals surface area contributed by atoms with Gasteiger partial charge >= 0.3 is 0 Å². The Morgan fingerprint density at radius 3 is 2.38 bits per heavy atom. The maximum absolute atomic E-state index is 12.9. The lowest BCUT2D eigenvalue weighted by atomic mass is 10.2. The van der Waals surface area contributed by atoms with Crippen molar-refractivity contribution < 1.29 is 13.2 Å². The van der Waals surface area contributed by atoms with Crippen molar-refractivity contribution in [2.24, 2.45) is 4.99 Å². The molecule has 140 valence electrons. The number of aromatic nitrogens is 1. The van der Waals surface area contributed by atoms with Gasteiger partial charge in [0.25, 0.3) is 5.91 Å². The Kier molecular flexibility index (Phi) is 6.15. The summed E-state index contributed by atoms with van der Waals surface area (Å²) in [4.78, 5) is 17.5. The van der Waals surface area contributed by atoms with E-state index in [4.69, 9.17) is 0 Å². The summed E-state index contributed by atoms with van der Waals surface area (Å²) >= 11 is 0. The normalized spacial score (nSPS) is 13.0. The van der Waals surface area contributed by atoms with Gasteiger partial charge in [-0.2, -0.15) is 4.31 Å². The maximum atomic E-state index is 12.9. The van der Waals surface area contributed by atoms with Crippen LogP contribution in [-0.4, -0.2) is 42.3 Å². The Morgan fingerprint density at radius 2 is 1.77 bits per heavy atom. The van der Waals surface area contributed by atoms with Crippen LogP contribution >= 0.6 is 0 Å². The minimum atomic E-state index is -3.66. The summed E-state index contributed by atoms with van der Waals surface area (Å²) < 4.78 is 28.1. The van der Waals surface area contributed by atoms with Gasteiger partial charge in [0.15, 0.2) is 0 Å². The van der Waals surface area contributed by atoms with Crippen LogP contribution in [0.25, 0.3) is 0 Å². The van der Waals surface area contributed by atoms with E-state index in [1.165, 1.54) is 28.1 Å². The molecule has 1 aromatic carbocycles. The van der Waals surface area contributed by atoms with Crippen molar-refractivity contribution in [2.75, 3.05) is 7.05 Å². The van der Waals surface area contributed by atoms with E-state index in [0.29, 0.717) is 11.1 Å². The van der Waals surface area contributed by atoms with Gasteiger partial charge in [-0.3, -0.25) is 14.4 Å². The minimum absolute atomic E-state index is 0.0304. The van der Waals surface area contributed by atoms with Crippen LogP contribution in [0, 0.1) is 0 Å². The molecule has 7 heteroatoms. The topological polar surface area (TPSA) is 71.7 Å². The largest absolute Gasteiger partial charge is 0.268 e. The second-order valence-corrected chi connectivity index (χ2v) is 8.60. The van der Waals surface area contributed by atoms with Crippen LogP contribution in [0.1, 0.15) is 38.1 Å². The molecule has 2 rings (SSSR count). The van der Waals surface area contributed by atoms with E-state index in [2.05, 4.69) is 4.99 Å². The molecule has 2 aromatic rings. The molecule has 0 aliphatic carbocycles. The standard InChI is InChI=1S/C19H25N3O3S/c1-14(2)20-18-11-6-7-12-22(18)19(23)16-9-8-10-17(13-16)26(24,25)21(5)15(3)4/h6-15H,1-5H3. The summed E-state index contributed by atoms with van der Waals surface area (Å²) in [6, 6.07) is 11.3. The zero-order valence-electron chi connectivity index (χ0n) is 15.7. The molecule has 6 nitrogen and oxygen atoms in total. The van der Waals surface area contributed by atoms with Crippen molar-refractivity contribution in [3.05, 3.63) is 59.7 Å². The Morgan fingerprint density at radius 1 is 1.08 bits per heavy atom. The predicted octanol–water partition coefficient (Wildman–Crippen LogP) is 2.51. The molecule has 0 aliphatic heterocycles. The van der Waals surface area contributed by atoms with Crippen molar-refractivity contribution in [3.63, 3.8) is 0 Å². The molecule has 0 fully saturated rings. The maximum Gasteiger partial charge on any atom is 0.263 e. The highest BCUT2D eigenvalue weighted by atomic mass is 32.2. The third-order valence-corrected chi connectivity index (χ3v) is 5.96. The van der Waals surface area contributed by atoms with Crippen LogP contribution in [0.15, 0.2) is 58.5 Å². The molecule has 0 unspecified atom stereocenters. The zero-order chi connectivity index (χ0) is 19.5. The van der Waals surface area contributed by atoms with Crippen molar-refractivity contribution in [3.8, 4) is 0 Å². The van der Waals surface area contributed by atoms with Gasteiger partial charge < -0.3 is 0 Å². The van der Waals surface area contributed by atoms with E-state index in [0.717, 1.165) is 0 Å². The molecule has 0 spiro atoms. The number of carbonyl (C=O) groups excluding carboxylic acids is 1. The number of sulfonamides is 1. The number of nitrogens with zero attached hydrogens (tertiary/aromatic N) is 3. The summed E-state index contributed by atoms with van der Waals surface area (Å²) in [6.45, 7) is 7.45. The Bertz CT molecular complexity index is 960. The molecule has 0 atom stereocenters. The molecule has 0 saturated heterocycles. The molecule has 1 aromatic heterocycles. The number of rotatable bonds is 5. The third-order valence-electron chi connectivity index (χ3n) is 3.93. The average molecular weight is 375 g/mol. The van der Waals surface area contributed by atoms with Crippen molar-refractivity contribution >= 4 is 15.9 Å². The molecule has 0 radical (unpaired) electrons. The molecular weight excluding hydrogens is 350 g/mol. The van der Waals surface area contributed by atoms with Gasteiger partial charge in [0, 0.05) is 30.9 Å². The Labute approximate surface area is 154 Å². The fourth-order valence-corrected chi connectivity index (χ4v) is 3.76. The smallest absolute Gasteiger partial charge is 0.263 e. The molecule has 0 bridgehead atoms. The number of benzene rings is 1. The van der Waals surface area contributed by atoms with E-state index < -0.39 is 10.0 Å². The predicted molar refractivity (Wildman–Crippen MR) is 101 cm³/mol. The molecule has 0 saturated carbocycles. The van der Waals surface area contributed by atoms with Crippen molar-refractivity contribution in [1.29, 1.82) is 0 Å². The third kappa shape index (κ3) is 4.28. The van der Waals surface area contributed by atoms with Crippen LogP contribution in [-0.2, 0) is 10.0 Å². The number of hydrogen-bond donors (Lipinski definition) is 0. The van der Waals surface area contributed by atoms with Gasteiger partial charge in [-0.25, -0.2) is 8.42 Å². The molecular formula is C19H25N3O3S. The minimum Gasteiger partial charge on any atom is -0.268 e. The number of pyridine rings is 1. The molecule has 0 aliphatic rings.